The Morgan fingerprint density at radius 3 is 2.53 bits per heavy atom. The number of nitrogens with one attached hydrogen (secondary N) is 1. The molecular weight excluding hydrogens is 216 g/mol. The molecule has 17 heavy (non-hydrogen) atoms. The first-order valence-corrected chi connectivity index (χ1v) is 5.75. The van der Waals surface area contributed by atoms with Gasteiger partial charge in [-0.25, -0.2) is 0 Å². The van der Waals surface area contributed by atoms with Gasteiger partial charge in [-0.15, -0.1) is 0 Å². The van der Waals surface area contributed by atoms with Crippen molar-refractivity contribution in [1.82, 2.24) is 5.32 Å². The van der Waals surface area contributed by atoms with Gasteiger partial charge < -0.3 is 16.2 Å². The van der Waals surface area contributed by atoms with Crippen LogP contribution in [0.1, 0.15) is 18.1 Å². The van der Waals surface area contributed by atoms with Crippen LogP contribution in [0, 0.1) is 6.92 Å². The first-order chi connectivity index (χ1) is 7.99. The molecular formula is C13H20N2O2. The molecule has 0 aliphatic heterocycles. The molecule has 0 saturated heterocycles. The first-order valence-electron chi connectivity index (χ1n) is 5.75. The molecule has 0 aliphatic carbocycles. The second-order valence-electron chi connectivity index (χ2n) is 4.37. The Morgan fingerprint density at radius 1 is 1.41 bits per heavy atom. The summed E-state index contributed by atoms with van der Waals surface area (Å²) in [6.07, 6.45) is -0.276. The fourth-order valence-corrected chi connectivity index (χ4v) is 1.36. The van der Waals surface area contributed by atoms with Crippen molar-refractivity contribution in [2.75, 3.05) is 6.54 Å². The average molecular weight is 236 g/mol. The summed E-state index contributed by atoms with van der Waals surface area (Å²) in [5.41, 5.74) is 7.76. The normalized spacial score (nSPS) is 14.1. The van der Waals surface area contributed by atoms with Gasteiger partial charge in [0.2, 0.25) is 5.91 Å². The third-order valence-corrected chi connectivity index (χ3v) is 2.64. The maximum absolute atomic E-state index is 11.6. The molecule has 0 spiro atoms. The number of aliphatic hydroxyl groups excluding tert-OH is 1. The summed E-state index contributed by atoms with van der Waals surface area (Å²) in [5.74, 6) is -0.0787. The number of hydrogen-bond donors (Lipinski definition) is 3. The largest absolute Gasteiger partial charge is 0.392 e. The van der Waals surface area contributed by atoms with Crippen LogP contribution < -0.4 is 11.1 Å². The lowest BCUT2D eigenvalue weighted by Crippen LogP contribution is -2.44. The van der Waals surface area contributed by atoms with E-state index < -0.39 is 12.1 Å². The van der Waals surface area contributed by atoms with Crippen LogP contribution in [-0.4, -0.2) is 29.7 Å². The number of aryl methyl sites for hydroxylation is 1. The Morgan fingerprint density at radius 2 is 2.00 bits per heavy atom. The van der Waals surface area contributed by atoms with Crippen LogP contribution in [0.15, 0.2) is 24.3 Å². The van der Waals surface area contributed by atoms with E-state index in [9.17, 15) is 9.90 Å². The minimum atomic E-state index is -0.616. The lowest BCUT2D eigenvalue weighted by molar-refractivity contribution is -0.120. The van der Waals surface area contributed by atoms with Crippen molar-refractivity contribution in [1.29, 1.82) is 0 Å². The molecule has 1 aromatic carbocycles. The Balaban J connectivity index is 2.37. The van der Waals surface area contributed by atoms with Crippen LogP contribution in [0.3, 0.4) is 0 Å². The zero-order valence-electron chi connectivity index (χ0n) is 10.3. The number of hydrogen-bond acceptors (Lipinski definition) is 3. The van der Waals surface area contributed by atoms with Gasteiger partial charge in [-0.05, 0) is 19.4 Å². The highest BCUT2D eigenvalue weighted by Crippen LogP contribution is 2.03. The van der Waals surface area contributed by atoms with Crippen molar-refractivity contribution in [3.8, 4) is 0 Å². The molecule has 4 N–H and O–H groups in total. The van der Waals surface area contributed by atoms with Crippen LogP contribution in [0.4, 0.5) is 0 Å². The second kappa shape index (κ2) is 6.37. The molecule has 4 nitrogen and oxygen atoms in total. The molecule has 0 aromatic heterocycles. The Labute approximate surface area is 102 Å². The number of aliphatic hydroxyl groups is 1. The summed E-state index contributed by atoms with van der Waals surface area (Å²) in [7, 11) is 0. The van der Waals surface area contributed by atoms with E-state index in [1.165, 1.54) is 5.56 Å². The lowest BCUT2D eigenvalue weighted by atomic mass is 10.1. The SMILES string of the molecule is Cc1ccc(CC(=O)NCC(N)C(C)O)cc1. The minimum Gasteiger partial charge on any atom is -0.392 e. The Kier molecular flexibility index (Phi) is 5.12. The van der Waals surface area contributed by atoms with Crippen molar-refractivity contribution in [2.45, 2.75) is 32.4 Å². The first kappa shape index (κ1) is 13.7. The zero-order valence-corrected chi connectivity index (χ0v) is 10.3. The van der Waals surface area contributed by atoms with Gasteiger partial charge in [-0.1, -0.05) is 29.8 Å². The topological polar surface area (TPSA) is 75.4 Å². The monoisotopic (exact) mass is 236 g/mol. The van der Waals surface area contributed by atoms with Crippen LogP contribution >= 0.6 is 0 Å². The molecule has 1 rings (SSSR count). The highest BCUT2D eigenvalue weighted by Gasteiger charge is 2.10. The smallest absolute Gasteiger partial charge is 0.224 e. The highest BCUT2D eigenvalue weighted by atomic mass is 16.3. The molecule has 0 heterocycles. The predicted octanol–water partition coefficient (Wildman–Crippen LogP) is 0.362. The number of carbonyl (C=O) groups excluding carboxylic acids is 1. The molecule has 0 radical (unpaired) electrons. The highest BCUT2D eigenvalue weighted by molar-refractivity contribution is 5.78. The molecule has 0 aliphatic rings. The summed E-state index contributed by atoms with van der Waals surface area (Å²) in [6.45, 7) is 3.91. The Bertz CT molecular complexity index is 360. The van der Waals surface area contributed by atoms with Gasteiger partial charge in [0.1, 0.15) is 0 Å². The average Bonchev–Trinajstić information content (AvgIpc) is 2.29. The molecule has 94 valence electrons. The fraction of sp³-hybridized carbons (Fsp3) is 0.462. The summed E-state index contributed by atoms with van der Waals surface area (Å²) in [5, 5.41) is 11.9. The molecule has 0 saturated carbocycles. The van der Waals surface area contributed by atoms with Crippen LogP contribution in [0.25, 0.3) is 0 Å². The van der Waals surface area contributed by atoms with Gasteiger partial charge >= 0.3 is 0 Å². The van der Waals surface area contributed by atoms with Crippen LogP contribution in [0.2, 0.25) is 0 Å². The van der Waals surface area contributed by atoms with Gasteiger partial charge in [0.05, 0.1) is 12.5 Å². The van der Waals surface area contributed by atoms with Crippen LogP contribution in [-0.2, 0) is 11.2 Å². The number of benzene rings is 1. The van der Waals surface area contributed by atoms with Gasteiger partial charge in [-0.2, -0.15) is 0 Å². The van der Waals surface area contributed by atoms with Gasteiger partial charge in [0.15, 0.2) is 0 Å². The molecule has 1 aromatic rings. The Hall–Kier alpha value is -1.39. The third kappa shape index (κ3) is 4.97. The maximum atomic E-state index is 11.6. The maximum Gasteiger partial charge on any atom is 0.224 e. The van der Waals surface area contributed by atoms with Crippen molar-refractivity contribution < 1.29 is 9.90 Å². The summed E-state index contributed by atoms with van der Waals surface area (Å²) < 4.78 is 0. The number of nitrogens with two attached hydrogens (primary N) is 1. The fourth-order valence-electron chi connectivity index (χ4n) is 1.36. The van der Waals surface area contributed by atoms with E-state index in [1.807, 2.05) is 31.2 Å². The van der Waals surface area contributed by atoms with Crippen molar-refractivity contribution in [3.05, 3.63) is 35.4 Å². The molecule has 4 heteroatoms. The van der Waals surface area contributed by atoms with E-state index in [2.05, 4.69) is 5.32 Å². The zero-order chi connectivity index (χ0) is 12.8. The second-order valence-corrected chi connectivity index (χ2v) is 4.37. The molecule has 2 atom stereocenters. The quantitative estimate of drug-likeness (QED) is 0.691. The molecule has 1 amide bonds. The van der Waals surface area contributed by atoms with E-state index in [0.29, 0.717) is 13.0 Å². The predicted molar refractivity (Wildman–Crippen MR) is 67.5 cm³/mol. The number of carbonyl (C=O) groups is 1. The van der Waals surface area contributed by atoms with Crippen molar-refractivity contribution in [3.63, 3.8) is 0 Å². The minimum absolute atomic E-state index is 0.0787. The number of rotatable bonds is 5. The van der Waals surface area contributed by atoms with Gasteiger partial charge in [0, 0.05) is 12.6 Å². The van der Waals surface area contributed by atoms with Gasteiger partial charge in [-0.3, -0.25) is 4.79 Å². The summed E-state index contributed by atoms with van der Waals surface area (Å²) in [4.78, 5) is 11.6. The van der Waals surface area contributed by atoms with E-state index in [-0.39, 0.29) is 5.91 Å². The summed E-state index contributed by atoms with van der Waals surface area (Å²) in [6, 6.07) is 7.40. The molecule has 0 bridgehead atoms. The lowest BCUT2D eigenvalue weighted by Gasteiger charge is -2.15. The standard InChI is InChI=1S/C13H20N2O2/c1-9-3-5-11(6-4-9)7-13(17)15-8-12(14)10(2)16/h3-6,10,12,16H,7-8,14H2,1-2H3,(H,15,17). The van der Waals surface area contributed by atoms with Crippen molar-refractivity contribution in [2.24, 2.45) is 5.73 Å². The molecule has 2 unspecified atom stereocenters. The van der Waals surface area contributed by atoms with E-state index in [0.717, 1.165) is 5.56 Å². The van der Waals surface area contributed by atoms with E-state index in [1.54, 1.807) is 6.92 Å². The summed E-state index contributed by atoms with van der Waals surface area (Å²) >= 11 is 0. The van der Waals surface area contributed by atoms with Crippen LogP contribution in [0.5, 0.6) is 0 Å². The third-order valence-electron chi connectivity index (χ3n) is 2.64. The molecule has 0 fully saturated rings. The van der Waals surface area contributed by atoms with E-state index in [4.69, 9.17) is 5.73 Å². The van der Waals surface area contributed by atoms with Gasteiger partial charge in [0.25, 0.3) is 0 Å². The van der Waals surface area contributed by atoms with E-state index >= 15 is 0 Å². The van der Waals surface area contributed by atoms with Crippen molar-refractivity contribution >= 4 is 5.91 Å². The number of amides is 1.